The lowest BCUT2D eigenvalue weighted by Gasteiger charge is -2.12. The highest BCUT2D eigenvalue weighted by atomic mass is 15.1. The number of hydrogen-bond acceptors (Lipinski definition) is 1. The van der Waals surface area contributed by atoms with Gasteiger partial charge in [0.05, 0.1) is 0 Å². The Kier molecular flexibility index (Phi) is 4.03. The molecule has 0 saturated carbocycles. The quantitative estimate of drug-likeness (QED) is 0.782. The van der Waals surface area contributed by atoms with Crippen molar-refractivity contribution in [3.8, 4) is 0 Å². The van der Waals surface area contributed by atoms with Crippen LogP contribution in [0.25, 0.3) is 0 Å². The molecular formula is C17H21N. The lowest BCUT2D eigenvalue weighted by atomic mass is 10.0. The van der Waals surface area contributed by atoms with Crippen LogP contribution in [0.3, 0.4) is 0 Å². The van der Waals surface area contributed by atoms with Gasteiger partial charge in [-0.3, -0.25) is 0 Å². The summed E-state index contributed by atoms with van der Waals surface area (Å²) in [7, 11) is 4.14. The Morgan fingerprint density at radius 3 is 1.61 bits per heavy atom. The predicted octanol–water partition coefficient (Wildman–Crippen LogP) is 3.91. The van der Waals surface area contributed by atoms with Crippen LogP contribution in [0.4, 0.5) is 5.69 Å². The van der Waals surface area contributed by atoms with Crippen LogP contribution < -0.4 is 4.90 Å². The summed E-state index contributed by atoms with van der Waals surface area (Å²) in [6, 6.07) is 17.7. The molecule has 0 heterocycles. The molecule has 0 atom stereocenters. The second-order valence-electron chi connectivity index (χ2n) is 4.91. The lowest BCUT2D eigenvalue weighted by molar-refractivity contribution is 1.11. The standard InChI is InChI=1S/C17H21N/c1-4-14-5-7-15(8-6-14)13-16-9-11-17(12-10-16)18(2)3/h5-12H,4,13H2,1-3H3. The highest BCUT2D eigenvalue weighted by Gasteiger charge is 1.98. The number of rotatable bonds is 4. The maximum Gasteiger partial charge on any atom is 0.0361 e. The van der Waals surface area contributed by atoms with Gasteiger partial charge in [0, 0.05) is 19.8 Å². The van der Waals surface area contributed by atoms with Gasteiger partial charge < -0.3 is 4.90 Å². The molecule has 2 rings (SSSR count). The monoisotopic (exact) mass is 239 g/mol. The Morgan fingerprint density at radius 2 is 1.17 bits per heavy atom. The minimum Gasteiger partial charge on any atom is -0.378 e. The first-order valence-electron chi connectivity index (χ1n) is 6.53. The molecule has 0 aromatic heterocycles. The van der Waals surface area contributed by atoms with E-state index >= 15 is 0 Å². The van der Waals surface area contributed by atoms with Crippen molar-refractivity contribution in [1.82, 2.24) is 0 Å². The maximum absolute atomic E-state index is 2.23. The normalized spacial score (nSPS) is 10.4. The van der Waals surface area contributed by atoms with E-state index in [1.54, 1.807) is 0 Å². The van der Waals surface area contributed by atoms with Gasteiger partial charge in [0.1, 0.15) is 0 Å². The minimum atomic E-state index is 1.01. The minimum absolute atomic E-state index is 1.01. The number of nitrogens with zero attached hydrogens (tertiary/aromatic N) is 1. The molecule has 0 spiro atoms. The van der Waals surface area contributed by atoms with E-state index in [4.69, 9.17) is 0 Å². The van der Waals surface area contributed by atoms with Crippen molar-refractivity contribution in [3.05, 3.63) is 65.2 Å². The summed E-state index contributed by atoms with van der Waals surface area (Å²) in [4.78, 5) is 2.12. The van der Waals surface area contributed by atoms with E-state index in [-0.39, 0.29) is 0 Å². The summed E-state index contributed by atoms with van der Waals surface area (Å²) in [5, 5.41) is 0. The summed E-state index contributed by atoms with van der Waals surface area (Å²) in [6.07, 6.45) is 2.12. The first kappa shape index (κ1) is 12.7. The smallest absolute Gasteiger partial charge is 0.0361 e. The second-order valence-corrected chi connectivity index (χ2v) is 4.91. The van der Waals surface area contributed by atoms with Crippen LogP contribution in [-0.4, -0.2) is 14.1 Å². The number of aryl methyl sites for hydroxylation is 1. The Bertz CT molecular complexity index is 480. The molecule has 18 heavy (non-hydrogen) atoms. The lowest BCUT2D eigenvalue weighted by Crippen LogP contribution is -2.08. The fourth-order valence-electron chi connectivity index (χ4n) is 2.04. The molecule has 1 nitrogen and oxygen atoms in total. The van der Waals surface area contributed by atoms with Crippen LogP contribution in [0, 0.1) is 0 Å². The summed E-state index contributed by atoms with van der Waals surface area (Å²) >= 11 is 0. The molecule has 0 saturated heterocycles. The zero-order valence-corrected chi connectivity index (χ0v) is 11.5. The van der Waals surface area contributed by atoms with Gasteiger partial charge in [-0.15, -0.1) is 0 Å². The van der Waals surface area contributed by atoms with Crippen molar-refractivity contribution in [2.75, 3.05) is 19.0 Å². The number of hydrogen-bond donors (Lipinski definition) is 0. The third kappa shape index (κ3) is 3.13. The van der Waals surface area contributed by atoms with E-state index in [2.05, 4.69) is 74.4 Å². The molecule has 0 aliphatic carbocycles. The van der Waals surface area contributed by atoms with E-state index in [1.165, 1.54) is 22.4 Å². The van der Waals surface area contributed by atoms with Crippen LogP contribution in [0.15, 0.2) is 48.5 Å². The van der Waals surface area contributed by atoms with Crippen LogP contribution in [0.1, 0.15) is 23.6 Å². The van der Waals surface area contributed by atoms with Crippen molar-refractivity contribution in [3.63, 3.8) is 0 Å². The van der Waals surface area contributed by atoms with Crippen molar-refractivity contribution in [1.29, 1.82) is 0 Å². The van der Waals surface area contributed by atoms with Crippen molar-refractivity contribution < 1.29 is 0 Å². The van der Waals surface area contributed by atoms with Gasteiger partial charge in [-0.05, 0) is 41.7 Å². The molecule has 1 heteroatoms. The van der Waals surface area contributed by atoms with Crippen LogP contribution in [0.5, 0.6) is 0 Å². The molecule has 0 radical (unpaired) electrons. The molecule has 94 valence electrons. The fraction of sp³-hybridized carbons (Fsp3) is 0.294. The van der Waals surface area contributed by atoms with E-state index in [0.717, 1.165) is 12.8 Å². The van der Waals surface area contributed by atoms with Gasteiger partial charge in [0.15, 0.2) is 0 Å². The van der Waals surface area contributed by atoms with Gasteiger partial charge in [0.2, 0.25) is 0 Å². The zero-order valence-electron chi connectivity index (χ0n) is 11.5. The summed E-state index contributed by atoms with van der Waals surface area (Å²) in [5.74, 6) is 0. The molecule has 0 N–H and O–H groups in total. The van der Waals surface area contributed by atoms with Gasteiger partial charge in [-0.25, -0.2) is 0 Å². The Labute approximate surface area is 110 Å². The van der Waals surface area contributed by atoms with Crippen LogP contribution in [0.2, 0.25) is 0 Å². The van der Waals surface area contributed by atoms with Gasteiger partial charge >= 0.3 is 0 Å². The van der Waals surface area contributed by atoms with Crippen molar-refractivity contribution >= 4 is 5.69 Å². The molecule has 0 aliphatic heterocycles. The van der Waals surface area contributed by atoms with Gasteiger partial charge in [-0.2, -0.15) is 0 Å². The predicted molar refractivity (Wildman–Crippen MR) is 79.4 cm³/mol. The fourth-order valence-corrected chi connectivity index (χ4v) is 2.04. The van der Waals surface area contributed by atoms with E-state index < -0.39 is 0 Å². The van der Waals surface area contributed by atoms with Crippen LogP contribution in [-0.2, 0) is 12.8 Å². The number of benzene rings is 2. The summed E-state index contributed by atoms with van der Waals surface area (Å²) < 4.78 is 0. The second kappa shape index (κ2) is 5.72. The third-order valence-electron chi connectivity index (χ3n) is 3.29. The molecule has 0 unspecified atom stereocenters. The topological polar surface area (TPSA) is 3.24 Å². The van der Waals surface area contributed by atoms with Crippen molar-refractivity contribution in [2.24, 2.45) is 0 Å². The summed E-state index contributed by atoms with van der Waals surface area (Å²) in [6.45, 7) is 2.19. The highest BCUT2D eigenvalue weighted by Crippen LogP contribution is 2.15. The van der Waals surface area contributed by atoms with Gasteiger partial charge in [-0.1, -0.05) is 43.3 Å². The molecule has 2 aromatic carbocycles. The van der Waals surface area contributed by atoms with Gasteiger partial charge in [0.25, 0.3) is 0 Å². The highest BCUT2D eigenvalue weighted by molar-refractivity contribution is 5.46. The Balaban J connectivity index is 2.08. The Hall–Kier alpha value is -1.76. The largest absolute Gasteiger partial charge is 0.378 e. The average molecular weight is 239 g/mol. The molecule has 0 aliphatic rings. The van der Waals surface area contributed by atoms with E-state index in [1.807, 2.05) is 0 Å². The molecule has 0 bridgehead atoms. The molecule has 2 aromatic rings. The zero-order chi connectivity index (χ0) is 13.0. The Morgan fingerprint density at radius 1 is 0.722 bits per heavy atom. The summed E-state index contributed by atoms with van der Waals surface area (Å²) in [5.41, 5.74) is 5.40. The van der Waals surface area contributed by atoms with Crippen LogP contribution >= 0.6 is 0 Å². The molecule has 0 fully saturated rings. The SMILES string of the molecule is CCc1ccc(Cc2ccc(N(C)C)cc2)cc1. The first-order chi connectivity index (χ1) is 8.69. The number of anilines is 1. The first-order valence-corrected chi connectivity index (χ1v) is 6.53. The van der Waals surface area contributed by atoms with Crippen molar-refractivity contribution in [2.45, 2.75) is 19.8 Å². The van der Waals surface area contributed by atoms with E-state index in [9.17, 15) is 0 Å². The maximum atomic E-state index is 2.23. The average Bonchev–Trinajstić information content (AvgIpc) is 2.40. The molecule has 0 amide bonds. The molecular weight excluding hydrogens is 218 g/mol. The third-order valence-corrected chi connectivity index (χ3v) is 3.29. The van der Waals surface area contributed by atoms with E-state index in [0.29, 0.717) is 0 Å².